The van der Waals surface area contributed by atoms with E-state index in [1.165, 1.54) is 5.56 Å². The molecule has 1 aromatic rings. The van der Waals surface area contributed by atoms with Crippen LogP contribution in [0.25, 0.3) is 0 Å². The number of benzene rings is 1. The van der Waals surface area contributed by atoms with Crippen molar-refractivity contribution >= 4 is 5.91 Å². The highest BCUT2D eigenvalue weighted by Crippen LogP contribution is 2.16. The van der Waals surface area contributed by atoms with E-state index in [1.54, 1.807) is 0 Å². The van der Waals surface area contributed by atoms with Crippen molar-refractivity contribution in [2.45, 2.75) is 59.2 Å². The van der Waals surface area contributed by atoms with Crippen molar-refractivity contribution in [2.24, 2.45) is 0 Å². The minimum atomic E-state index is -0.584. The topological polar surface area (TPSA) is 52.6 Å². The number of hydrogen-bond acceptors (Lipinski definition) is 3. The quantitative estimate of drug-likeness (QED) is 0.776. The molecule has 0 fully saturated rings. The van der Waals surface area contributed by atoms with Gasteiger partial charge in [0.2, 0.25) is 5.91 Å². The molecule has 1 rings (SSSR count). The van der Waals surface area contributed by atoms with Crippen molar-refractivity contribution < 1.29 is 9.90 Å². The van der Waals surface area contributed by atoms with Crippen molar-refractivity contribution in [1.82, 2.24) is 10.2 Å². The maximum absolute atomic E-state index is 12.2. The fraction of sp³-hybridized carbons (Fsp3) is 0.611. The predicted octanol–water partition coefficient (Wildman–Crippen LogP) is 2.65. The second kappa shape index (κ2) is 8.91. The van der Waals surface area contributed by atoms with Crippen molar-refractivity contribution in [3.05, 3.63) is 35.4 Å². The Hall–Kier alpha value is -1.39. The Labute approximate surface area is 134 Å². The summed E-state index contributed by atoms with van der Waals surface area (Å²) in [4.78, 5) is 14.2. The summed E-state index contributed by atoms with van der Waals surface area (Å²) in [5.41, 5.74) is 2.06. The van der Waals surface area contributed by atoms with Crippen LogP contribution < -0.4 is 5.32 Å². The first-order valence-electron chi connectivity index (χ1n) is 8.18. The number of nitrogens with one attached hydrogen (secondary N) is 1. The Morgan fingerprint density at radius 1 is 1.23 bits per heavy atom. The first-order chi connectivity index (χ1) is 10.4. The molecule has 0 spiro atoms. The molecule has 0 aliphatic rings. The van der Waals surface area contributed by atoms with Gasteiger partial charge in [-0.3, -0.25) is 9.69 Å². The lowest BCUT2D eigenvalue weighted by Crippen LogP contribution is -2.48. The summed E-state index contributed by atoms with van der Waals surface area (Å²) in [6.07, 6.45) is 0.329. The highest BCUT2D eigenvalue weighted by Gasteiger charge is 2.23. The standard InChI is InChI=1S/C18H30N2O2/c1-6-14(4)19-18(22)15(5)20(7-2)12-17(21)16-10-8-13(3)9-11-16/h8-11,14-15,17,21H,6-7,12H2,1-5H3,(H,19,22). The number of hydrogen-bond donors (Lipinski definition) is 2. The molecule has 22 heavy (non-hydrogen) atoms. The van der Waals surface area contributed by atoms with Gasteiger partial charge in [-0.15, -0.1) is 0 Å². The monoisotopic (exact) mass is 306 g/mol. The van der Waals surface area contributed by atoms with Crippen molar-refractivity contribution in [3.63, 3.8) is 0 Å². The molecule has 4 heteroatoms. The molecule has 1 aromatic carbocycles. The van der Waals surface area contributed by atoms with E-state index in [1.807, 2.05) is 63.8 Å². The maximum Gasteiger partial charge on any atom is 0.237 e. The van der Waals surface area contributed by atoms with Gasteiger partial charge in [0.05, 0.1) is 12.1 Å². The lowest BCUT2D eigenvalue weighted by atomic mass is 10.1. The summed E-state index contributed by atoms with van der Waals surface area (Å²) >= 11 is 0. The number of nitrogens with zero attached hydrogens (tertiary/aromatic N) is 1. The predicted molar refractivity (Wildman–Crippen MR) is 90.7 cm³/mol. The zero-order valence-electron chi connectivity index (χ0n) is 14.5. The molecule has 0 aliphatic heterocycles. The normalized spacial score (nSPS) is 15.4. The van der Waals surface area contributed by atoms with E-state index in [9.17, 15) is 9.90 Å². The van der Waals surface area contributed by atoms with Gasteiger partial charge >= 0.3 is 0 Å². The van der Waals surface area contributed by atoms with Gasteiger partial charge in [0, 0.05) is 12.6 Å². The van der Waals surface area contributed by atoms with E-state index in [4.69, 9.17) is 0 Å². The Bertz CT molecular complexity index is 459. The van der Waals surface area contributed by atoms with E-state index in [0.29, 0.717) is 6.54 Å². The van der Waals surface area contributed by atoms with Crippen LogP contribution in [0.15, 0.2) is 24.3 Å². The van der Waals surface area contributed by atoms with Gasteiger partial charge in [-0.05, 0) is 39.3 Å². The van der Waals surface area contributed by atoms with Crippen LogP contribution in [0.3, 0.4) is 0 Å². The Morgan fingerprint density at radius 2 is 1.82 bits per heavy atom. The van der Waals surface area contributed by atoms with E-state index in [0.717, 1.165) is 18.5 Å². The summed E-state index contributed by atoms with van der Waals surface area (Å²) in [6, 6.07) is 7.80. The summed E-state index contributed by atoms with van der Waals surface area (Å²) in [5, 5.41) is 13.4. The van der Waals surface area contributed by atoms with Crippen LogP contribution in [0.4, 0.5) is 0 Å². The average Bonchev–Trinajstić information content (AvgIpc) is 2.52. The average molecular weight is 306 g/mol. The molecule has 0 saturated carbocycles. The molecule has 0 aliphatic carbocycles. The number of aliphatic hydroxyl groups excluding tert-OH is 1. The minimum Gasteiger partial charge on any atom is -0.387 e. The van der Waals surface area contributed by atoms with Gasteiger partial charge in [-0.1, -0.05) is 43.7 Å². The van der Waals surface area contributed by atoms with E-state index >= 15 is 0 Å². The largest absolute Gasteiger partial charge is 0.387 e. The van der Waals surface area contributed by atoms with Crippen LogP contribution in [0.5, 0.6) is 0 Å². The molecular weight excluding hydrogens is 276 g/mol. The molecule has 3 unspecified atom stereocenters. The molecule has 0 radical (unpaired) electrons. The lowest BCUT2D eigenvalue weighted by Gasteiger charge is -2.30. The third-order valence-corrected chi connectivity index (χ3v) is 4.20. The van der Waals surface area contributed by atoms with E-state index in [-0.39, 0.29) is 18.0 Å². The van der Waals surface area contributed by atoms with Gasteiger partial charge in [0.1, 0.15) is 0 Å². The van der Waals surface area contributed by atoms with Crippen molar-refractivity contribution in [3.8, 4) is 0 Å². The van der Waals surface area contributed by atoms with Crippen molar-refractivity contribution in [1.29, 1.82) is 0 Å². The first-order valence-corrected chi connectivity index (χ1v) is 8.18. The zero-order valence-corrected chi connectivity index (χ0v) is 14.5. The minimum absolute atomic E-state index is 0.0207. The number of aryl methyl sites for hydroxylation is 1. The fourth-order valence-electron chi connectivity index (χ4n) is 2.31. The molecule has 4 nitrogen and oxygen atoms in total. The maximum atomic E-state index is 12.2. The van der Waals surface area contributed by atoms with Crippen LogP contribution in [0.1, 0.15) is 51.3 Å². The van der Waals surface area contributed by atoms with Gasteiger partial charge in [0.25, 0.3) is 0 Å². The lowest BCUT2D eigenvalue weighted by molar-refractivity contribution is -0.127. The van der Waals surface area contributed by atoms with Crippen LogP contribution in [0, 0.1) is 6.92 Å². The van der Waals surface area contributed by atoms with Gasteiger partial charge in [-0.25, -0.2) is 0 Å². The summed E-state index contributed by atoms with van der Waals surface area (Å²) in [5.74, 6) is 0.0207. The van der Waals surface area contributed by atoms with Gasteiger partial charge in [0.15, 0.2) is 0 Å². The molecule has 0 saturated heterocycles. The molecular formula is C18H30N2O2. The highest BCUT2D eigenvalue weighted by molar-refractivity contribution is 5.81. The van der Waals surface area contributed by atoms with Crippen LogP contribution in [-0.4, -0.2) is 41.1 Å². The first kappa shape index (κ1) is 18.7. The van der Waals surface area contributed by atoms with Crippen LogP contribution in [-0.2, 0) is 4.79 Å². The molecule has 0 bridgehead atoms. The van der Waals surface area contributed by atoms with Crippen molar-refractivity contribution in [2.75, 3.05) is 13.1 Å². The number of likely N-dealkylation sites (N-methyl/N-ethyl adjacent to an activating group) is 1. The fourth-order valence-corrected chi connectivity index (χ4v) is 2.31. The van der Waals surface area contributed by atoms with Crippen LogP contribution >= 0.6 is 0 Å². The number of rotatable bonds is 8. The smallest absolute Gasteiger partial charge is 0.237 e. The third kappa shape index (κ3) is 5.43. The zero-order chi connectivity index (χ0) is 16.7. The number of carbonyl (C=O) groups excluding carboxylic acids is 1. The summed E-state index contributed by atoms with van der Waals surface area (Å²) in [6.45, 7) is 11.1. The second-order valence-corrected chi connectivity index (χ2v) is 6.01. The van der Waals surface area contributed by atoms with E-state index < -0.39 is 6.10 Å². The summed E-state index contributed by atoms with van der Waals surface area (Å²) < 4.78 is 0. The number of carbonyl (C=O) groups is 1. The Balaban J connectivity index is 2.66. The number of amides is 1. The Kier molecular flexibility index (Phi) is 7.56. The SMILES string of the molecule is CCC(C)NC(=O)C(C)N(CC)CC(O)c1ccc(C)cc1. The van der Waals surface area contributed by atoms with Gasteiger partial charge in [-0.2, -0.15) is 0 Å². The molecule has 1 amide bonds. The number of aliphatic hydroxyl groups is 1. The van der Waals surface area contributed by atoms with E-state index in [2.05, 4.69) is 5.32 Å². The molecule has 0 heterocycles. The third-order valence-electron chi connectivity index (χ3n) is 4.20. The molecule has 2 N–H and O–H groups in total. The highest BCUT2D eigenvalue weighted by atomic mass is 16.3. The second-order valence-electron chi connectivity index (χ2n) is 6.01. The summed E-state index contributed by atoms with van der Waals surface area (Å²) in [7, 11) is 0. The molecule has 0 aromatic heterocycles. The molecule has 3 atom stereocenters. The molecule has 124 valence electrons. The van der Waals surface area contributed by atoms with Gasteiger partial charge < -0.3 is 10.4 Å². The van der Waals surface area contributed by atoms with Crippen LogP contribution in [0.2, 0.25) is 0 Å². The Morgan fingerprint density at radius 3 is 2.32 bits per heavy atom.